The smallest absolute Gasteiger partial charge is 0.197 e. The number of hydrogen-bond donors (Lipinski definition) is 1. The number of rotatable bonds is 3. The molecule has 0 aliphatic carbocycles. The van der Waals surface area contributed by atoms with Crippen molar-refractivity contribution in [3.05, 3.63) is 48.0 Å². The molecule has 0 saturated heterocycles. The van der Waals surface area contributed by atoms with Crippen LogP contribution >= 0.6 is 11.5 Å². The Morgan fingerprint density at radius 1 is 1.13 bits per heavy atom. The SMILES string of the molecule is O=S(=O)(N[n+]1cccs1)c1ccccc1. The molecule has 0 aliphatic heterocycles. The molecule has 1 aromatic heterocycles. The van der Waals surface area contributed by atoms with Gasteiger partial charge in [-0.15, -0.1) is 0 Å². The Labute approximate surface area is 92.0 Å². The van der Waals surface area contributed by atoms with Gasteiger partial charge in [-0.1, -0.05) is 23.0 Å². The molecule has 15 heavy (non-hydrogen) atoms. The third kappa shape index (κ3) is 2.34. The summed E-state index contributed by atoms with van der Waals surface area (Å²) in [4.78, 5) is 2.68. The fourth-order valence-electron chi connectivity index (χ4n) is 1.07. The van der Waals surface area contributed by atoms with E-state index in [-0.39, 0.29) is 4.90 Å². The Morgan fingerprint density at radius 2 is 1.87 bits per heavy atom. The minimum absolute atomic E-state index is 0.255. The van der Waals surface area contributed by atoms with Gasteiger partial charge in [-0.25, -0.2) is 0 Å². The molecule has 1 heterocycles. The Hall–Kier alpha value is -1.40. The fraction of sp³-hybridized carbons (Fsp3) is 0. The first kappa shape index (κ1) is 10.1. The number of benzene rings is 1. The molecule has 0 radical (unpaired) electrons. The number of sulfonamides is 1. The monoisotopic (exact) mass is 241 g/mol. The summed E-state index contributed by atoms with van der Waals surface area (Å²) in [5.41, 5.74) is 0. The van der Waals surface area contributed by atoms with Crippen molar-refractivity contribution in [1.29, 1.82) is 0 Å². The summed E-state index contributed by atoms with van der Waals surface area (Å²) in [7, 11) is -3.46. The lowest BCUT2D eigenvalue weighted by Gasteiger charge is -1.99. The van der Waals surface area contributed by atoms with Gasteiger partial charge in [-0.05, 0) is 16.2 Å². The minimum Gasteiger partial charge on any atom is -0.197 e. The van der Waals surface area contributed by atoms with E-state index in [2.05, 4.69) is 4.83 Å². The van der Waals surface area contributed by atoms with Crippen molar-refractivity contribution >= 4 is 21.6 Å². The van der Waals surface area contributed by atoms with Crippen LogP contribution in [0.2, 0.25) is 0 Å². The summed E-state index contributed by atoms with van der Waals surface area (Å²) in [6.07, 6.45) is 1.64. The number of nitrogens with one attached hydrogen (secondary N) is 1. The first-order valence-electron chi connectivity index (χ1n) is 4.22. The average Bonchev–Trinajstić information content (AvgIpc) is 2.71. The highest BCUT2D eigenvalue weighted by Gasteiger charge is 2.18. The quantitative estimate of drug-likeness (QED) is 0.814. The normalized spacial score (nSPS) is 11.2. The Balaban J connectivity index is 2.29. The van der Waals surface area contributed by atoms with Crippen molar-refractivity contribution in [2.24, 2.45) is 0 Å². The van der Waals surface area contributed by atoms with Gasteiger partial charge < -0.3 is 0 Å². The summed E-state index contributed by atoms with van der Waals surface area (Å²) in [6.45, 7) is 0. The molecule has 0 unspecified atom stereocenters. The summed E-state index contributed by atoms with van der Waals surface area (Å²) in [5, 5.41) is 1.79. The molecule has 0 atom stereocenters. The topological polar surface area (TPSA) is 50.1 Å². The van der Waals surface area contributed by atoms with Crippen molar-refractivity contribution in [3.8, 4) is 0 Å². The van der Waals surface area contributed by atoms with E-state index < -0.39 is 10.0 Å². The van der Waals surface area contributed by atoms with Crippen molar-refractivity contribution in [2.45, 2.75) is 4.90 Å². The van der Waals surface area contributed by atoms with Gasteiger partial charge in [0.2, 0.25) is 6.20 Å². The molecule has 0 aliphatic rings. The van der Waals surface area contributed by atoms with Crippen LogP contribution in [0.4, 0.5) is 0 Å². The molecule has 78 valence electrons. The first-order valence-corrected chi connectivity index (χ1v) is 6.54. The molecule has 0 spiro atoms. The first-order chi connectivity index (χ1) is 7.18. The Bertz CT molecular complexity index is 521. The van der Waals surface area contributed by atoms with Crippen LogP contribution < -0.4 is 8.90 Å². The molecule has 1 N–H and O–H groups in total. The second kappa shape index (κ2) is 4.00. The maximum atomic E-state index is 11.8. The zero-order valence-corrected chi connectivity index (χ0v) is 9.33. The lowest BCUT2D eigenvalue weighted by atomic mass is 10.4. The van der Waals surface area contributed by atoms with E-state index in [1.165, 1.54) is 15.6 Å². The molecule has 6 heteroatoms. The number of nitrogens with zero attached hydrogens (tertiary/aromatic N) is 1. The van der Waals surface area contributed by atoms with Crippen LogP contribution in [-0.2, 0) is 10.0 Å². The van der Waals surface area contributed by atoms with Gasteiger partial charge in [-0.2, -0.15) is 8.42 Å². The lowest BCUT2D eigenvalue weighted by Crippen LogP contribution is -2.44. The highest BCUT2D eigenvalue weighted by molar-refractivity contribution is 7.92. The highest BCUT2D eigenvalue weighted by Crippen LogP contribution is 2.06. The fourth-order valence-corrected chi connectivity index (χ4v) is 2.87. The van der Waals surface area contributed by atoms with Gasteiger partial charge in [-0.3, -0.25) is 0 Å². The summed E-state index contributed by atoms with van der Waals surface area (Å²) in [5.74, 6) is 0. The van der Waals surface area contributed by atoms with Crippen molar-refractivity contribution in [2.75, 3.05) is 4.83 Å². The second-order valence-corrected chi connectivity index (χ2v) is 5.35. The zero-order valence-electron chi connectivity index (χ0n) is 7.70. The van der Waals surface area contributed by atoms with Crippen LogP contribution in [0.3, 0.4) is 0 Å². The summed E-state index contributed by atoms with van der Waals surface area (Å²) < 4.78 is 25.0. The van der Waals surface area contributed by atoms with E-state index in [4.69, 9.17) is 0 Å². The molecular weight excluding hydrogens is 232 g/mol. The van der Waals surface area contributed by atoms with E-state index in [9.17, 15) is 8.42 Å². The van der Waals surface area contributed by atoms with Gasteiger partial charge in [0, 0.05) is 6.07 Å². The predicted octanol–water partition coefficient (Wildman–Crippen LogP) is 0.968. The van der Waals surface area contributed by atoms with E-state index in [0.717, 1.165) is 0 Å². The van der Waals surface area contributed by atoms with Crippen molar-refractivity contribution in [3.63, 3.8) is 0 Å². The zero-order chi connectivity index (χ0) is 10.7. The van der Waals surface area contributed by atoms with Crippen LogP contribution in [0.1, 0.15) is 0 Å². The average molecular weight is 241 g/mol. The Kier molecular flexibility index (Phi) is 2.70. The summed E-state index contributed by atoms with van der Waals surface area (Å²) in [6, 6.07) is 10.0. The Morgan fingerprint density at radius 3 is 2.47 bits per heavy atom. The maximum absolute atomic E-state index is 11.8. The molecule has 2 aromatic rings. The van der Waals surface area contributed by atoms with Gasteiger partial charge in [0.25, 0.3) is 0 Å². The van der Waals surface area contributed by atoms with Gasteiger partial charge in [0.15, 0.2) is 11.5 Å². The molecule has 0 fully saturated rings. The van der Waals surface area contributed by atoms with Gasteiger partial charge >= 0.3 is 10.0 Å². The van der Waals surface area contributed by atoms with Crippen molar-refractivity contribution in [1.82, 2.24) is 0 Å². The van der Waals surface area contributed by atoms with Crippen LogP contribution in [0.25, 0.3) is 0 Å². The molecule has 0 amide bonds. The molecule has 0 bridgehead atoms. The number of aromatic nitrogens is 1. The molecule has 2 rings (SSSR count). The van der Waals surface area contributed by atoms with Crippen LogP contribution in [0, 0.1) is 0 Å². The second-order valence-electron chi connectivity index (χ2n) is 2.82. The van der Waals surface area contributed by atoms with Crippen LogP contribution in [0.15, 0.2) is 52.9 Å². The molecule has 0 saturated carbocycles. The number of hydrogen-bond acceptors (Lipinski definition) is 3. The summed E-state index contributed by atoms with van der Waals surface area (Å²) >= 11 is 1.27. The van der Waals surface area contributed by atoms with Crippen LogP contribution in [0.5, 0.6) is 0 Å². The van der Waals surface area contributed by atoms with Gasteiger partial charge in [0.1, 0.15) is 0 Å². The van der Waals surface area contributed by atoms with E-state index >= 15 is 0 Å². The van der Waals surface area contributed by atoms with Crippen LogP contribution in [-0.4, -0.2) is 8.42 Å². The lowest BCUT2D eigenvalue weighted by molar-refractivity contribution is -0.563. The van der Waals surface area contributed by atoms with Gasteiger partial charge in [0.05, 0.1) is 10.3 Å². The largest absolute Gasteiger partial charge is 0.307 e. The van der Waals surface area contributed by atoms with E-state index in [1.54, 1.807) is 48.0 Å². The third-order valence-corrected chi connectivity index (χ3v) is 3.90. The molecular formula is C9H9N2O2S2+. The third-order valence-electron chi connectivity index (χ3n) is 1.74. The van der Waals surface area contributed by atoms with E-state index in [0.29, 0.717) is 0 Å². The van der Waals surface area contributed by atoms with Crippen molar-refractivity contribution < 1.29 is 12.5 Å². The highest BCUT2D eigenvalue weighted by atomic mass is 32.2. The van der Waals surface area contributed by atoms with E-state index in [1.807, 2.05) is 0 Å². The molecule has 1 aromatic carbocycles. The maximum Gasteiger partial charge on any atom is 0.307 e. The standard InChI is InChI=1S/C9H9N2O2S2/c12-15(13,9-5-2-1-3-6-9)10-11-7-4-8-14-11/h1-8,10H/q+1. The predicted molar refractivity (Wildman–Crippen MR) is 57.5 cm³/mol. The molecule has 4 nitrogen and oxygen atoms in total. The minimum atomic E-state index is -3.46.